The number of hydrogen-bond donors (Lipinski definition) is 2. The van der Waals surface area contributed by atoms with E-state index < -0.39 is 5.60 Å². The zero-order valence-corrected chi connectivity index (χ0v) is 14.0. The maximum absolute atomic E-state index is 10.7. The lowest BCUT2D eigenvalue weighted by Crippen LogP contribution is -2.48. The van der Waals surface area contributed by atoms with E-state index in [1.807, 2.05) is 26.0 Å². The van der Waals surface area contributed by atoms with Gasteiger partial charge in [-0.1, -0.05) is 13.8 Å². The molecule has 1 aliphatic rings. The van der Waals surface area contributed by atoms with Gasteiger partial charge in [-0.15, -0.1) is 0 Å². The van der Waals surface area contributed by atoms with E-state index in [2.05, 4.69) is 10.2 Å². The van der Waals surface area contributed by atoms with Crippen LogP contribution in [0.4, 0.5) is 11.4 Å². The van der Waals surface area contributed by atoms with Crippen molar-refractivity contribution in [3.8, 4) is 0 Å². The van der Waals surface area contributed by atoms with Crippen LogP contribution >= 0.6 is 0 Å². The smallest absolute Gasteiger partial charge is 0.269 e. The number of aliphatic hydroxyl groups is 1. The number of benzene rings is 1. The number of rotatable bonds is 7. The van der Waals surface area contributed by atoms with Gasteiger partial charge >= 0.3 is 0 Å². The number of hydrogen-bond acceptors (Lipinski definition) is 5. The molecule has 0 aliphatic carbocycles. The second kappa shape index (κ2) is 7.75. The molecule has 0 atom stereocenters. The first-order chi connectivity index (χ1) is 11.0. The fourth-order valence-corrected chi connectivity index (χ4v) is 2.96. The van der Waals surface area contributed by atoms with Gasteiger partial charge in [-0.25, -0.2) is 0 Å². The lowest BCUT2D eigenvalue weighted by Gasteiger charge is -2.36. The third kappa shape index (κ3) is 4.65. The fraction of sp³-hybridized carbons (Fsp3) is 0.647. The van der Waals surface area contributed by atoms with Crippen molar-refractivity contribution in [2.75, 3.05) is 24.5 Å². The second-order valence-electron chi connectivity index (χ2n) is 6.35. The molecule has 0 amide bonds. The Balaban J connectivity index is 1.83. The molecule has 1 aromatic rings. The Bertz CT molecular complexity index is 506. The predicted octanol–water partition coefficient (Wildman–Crippen LogP) is 2.70. The van der Waals surface area contributed by atoms with Crippen LogP contribution in [0.2, 0.25) is 0 Å². The summed E-state index contributed by atoms with van der Waals surface area (Å²) in [6.45, 7) is 6.52. The van der Waals surface area contributed by atoms with Crippen molar-refractivity contribution < 1.29 is 10.0 Å². The van der Waals surface area contributed by atoms with E-state index in [1.54, 1.807) is 12.1 Å². The van der Waals surface area contributed by atoms with Crippen LogP contribution in [-0.4, -0.2) is 41.3 Å². The van der Waals surface area contributed by atoms with Crippen LogP contribution in [0.25, 0.3) is 0 Å². The molecule has 128 valence electrons. The van der Waals surface area contributed by atoms with Crippen molar-refractivity contribution in [1.29, 1.82) is 0 Å². The molecule has 2 rings (SSSR count). The number of anilines is 1. The Kier molecular flexibility index (Phi) is 5.96. The van der Waals surface area contributed by atoms with E-state index in [9.17, 15) is 15.2 Å². The highest BCUT2D eigenvalue weighted by Crippen LogP contribution is 2.23. The molecule has 23 heavy (non-hydrogen) atoms. The fourth-order valence-electron chi connectivity index (χ4n) is 2.96. The maximum Gasteiger partial charge on any atom is 0.269 e. The first-order valence-electron chi connectivity index (χ1n) is 8.42. The first-order valence-corrected chi connectivity index (χ1v) is 8.42. The quantitative estimate of drug-likeness (QED) is 0.596. The minimum atomic E-state index is -0.602. The van der Waals surface area contributed by atoms with Crippen LogP contribution in [0.15, 0.2) is 24.3 Å². The van der Waals surface area contributed by atoms with Crippen molar-refractivity contribution in [3.05, 3.63) is 34.4 Å². The number of nitrogens with zero attached hydrogens (tertiary/aromatic N) is 2. The van der Waals surface area contributed by atoms with E-state index in [4.69, 9.17) is 0 Å². The summed E-state index contributed by atoms with van der Waals surface area (Å²) in [5.74, 6) is 0. The first kappa shape index (κ1) is 17.7. The molecule has 0 saturated carbocycles. The molecule has 1 saturated heterocycles. The largest absolute Gasteiger partial charge is 0.389 e. The van der Waals surface area contributed by atoms with Gasteiger partial charge in [-0.05, 0) is 37.8 Å². The van der Waals surface area contributed by atoms with E-state index in [-0.39, 0.29) is 10.6 Å². The second-order valence-corrected chi connectivity index (χ2v) is 6.35. The summed E-state index contributed by atoms with van der Waals surface area (Å²) in [7, 11) is 0. The minimum Gasteiger partial charge on any atom is -0.389 e. The van der Waals surface area contributed by atoms with Gasteiger partial charge in [0.15, 0.2) is 0 Å². The molecular formula is C17H27N3O3. The highest BCUT2D eigenvalue weighted by molar-refractivity contribution is 5.51. The average Bonchev–Trinajstić information content (AvgIpc) is 2.60. The molecule has 1 fully saturated rings. The number of piperidine rings is 1. The Morgan fingerprint density at radius 1 is 1.26 bits per heavy atom. The Morgan fingerprint density at radius 3 is 2.30 bits per heavy atom. The van der Waals surface area contributed by atoms with Gasteiger partial charge in [0.25, 0.3) is 5.69 Å². The maximum atomic E-state index is 10.7. The minimum absolute atomic E-state index is 0.128. The zero-order chi connectivity index (χ0) is 16.9. The molecule has 6 nitrogen and oxygen atoms in total. The summed E-state index contributed by atoms with van der Waals surface area (Å²) in [4.78, 5) is 12.6. The van der Waals surface area contributed by atoms with Crippen LogP contribution < -0.4 is 10.2 Å². The summed E-state index contributed by atoms with van der Waals surface area (Å²) in [6.07, 6.45) is 3.55. The summed E-state index contributed by atoms with van der Waals surface area (Å²) < 4.78 is 0. The van der Waals surface area contributed by atoms with Crippen LogP contribution in [0, 0.1) is 10.1 Å². The van der Waals surface area contributed by atoms with Crippen molar-refractivity contribution in [2.24, 2.45) is 0 Å². The molecule has 0 spiro atoms. The molecule has 1 aromatic carbocycles. The molecule has 0 bridgehead atoms. The molecule has 0 aromatic heterocycles. The monoisotopic (exact) mass is 321 g/mol. The summed E-state index contributed by atoms with van der Waals surface area (Å²) >= 11 is 0. The normalized spacial score (nSPS) is 16.6. The molecule has 2 N–H and O–H groups in total. The average molecular weight is 321 g/mol. The van der Waals surface area contributed by atoms with E-state index in [0.29, 0.717) is 12.6 Å². The highest BCUT2D eigenvalue weighted by Gasteiger charge is 2.25. The van der Waals surface area contributed by atoms with Gasteiger partial charge in [0, 0.05) is 43.5 Å². The number of nitro groups is 1. The Morgan fingerprint density at radius 2 is 1.83 bits per heavy atom. The van der Waals surface area contributed by atoms with Crippen molar-refractivity contribution in [3.63, 3.8) is 0 Å². The van der Waals surface area contributed by atoms with Crippen LogP contribution in [0.1, 0.15) is 39.5 Å². The lowest BCUT2D eigenvalue weighted by atomic mass is 9.96. The van der Waals surface area contributed by atoms with Crippen molar-refractivity contribution in [2.45, 2.75) is 51.2 Å². The summed E-state index contributed by atoms with van der Waals surface area (Å²) in [5, 5.41) is 24.5. The molecular weight excluding hydrogens is 294 g/mol. The lowest BCUT2D eigenvalue weighted by molar-refractivity contribution is -0.384. The molecule has 1 aliphatic heterocycles. The Labute approximate surface area is 137 Å². The van der Waals surface area contributed by atoms with Gasteiger partial charge in [0.1, 0.15) is 0 Å². The van der Waals surface area contributed by atoms with E-state index in [1.165, 1.54) is 0 Å². The Hall–Kier alpha value is -1.66. The van der Waals surface area contributed by atoms with Gasteiger partial charge in [0.05, 0.1) is 10.5 Å². The van der Waals surface area contributed by atoms with Crippen LogP contribution in [0.3, 0.4) is 0 Å². The number of nitro benzene ring substituents is 1. The number of non-ortho nitro benzene ring substituents is 1. The van der Waals surface area contributed by atoms with Crippen molar-refractivity contribution in [1.82, 2.24) is 5.32 Å². The van der Waals surface area contributed by atoms with Crippen LogP contribution in [0.5, 0.6) is 0 Å². The summed E-state index contributed by atoms with van der Waals surface area (Å²) in [5.41, 5.74) is 0.562. The van der Waals surface area contributed by atoms with Gasteiger partial charge < -0.3 is 15.3 Å². The SMILES string of the molecule is CCC(O)(CC)CNC1CCN(c2ccc([N+](=O)[O-])cc2)CC1. The molecule has 0 unspecified atom stereocenters. The van der Waals surface area contributed by atoms with Crippen LogP contribution in [-0.2, 0) is 0 Å². The zero-order valence-electron chi connectivity index (χ0n) is 14.0. The molecule has 6 heteroatoms. The predicted molar refractivity (Wildman–Crippen MR) is 91.9 cm³/mol. The molecule has 0 radical (unpaired) electrons. The highest BCUT2D eigenvalue weighted by atomic mass is 16.6. The van der Waals surface area contributed by atoms with Gasteiger partial charge in [0.2, 0.25) is 0 Å². The summed E-state index contributed by atoms with van der Waals surface area (Å²) in [6, 6.07) is 7.18. The van der Waals surface area contributed by atoms with Gasteiger partial charge in [-0.3, -0.25) is 10.1 Å². The number of nitrogens with one attached hydrogen (secondary N) is 1. The van der Waals surface area contributed by atoms with E-state index in [0.717, 1.165) is 44.5 Å². The third-order valence-electron chi connectivity index (χ3n) is 4.96. The van der Waals surface area contributed by atoms with Crippen molar-refractivity contribution >= 4 is 11.4 Å². The third-order valence-corrected chi connectivity index (χ3v) is 4.96. The topological polar surface area (TPSA) is 78.6 Å². The standard InChI is InChI=1S/C17H27N3O3/c1-3-17(21,4-2)13-18-14-9-11-19(12-10-14)15-5-7-16(8-6-15)20(22)23/h5-8,14,18,21H,3-4,9-13H2,1-2H3. The van der Waals surface area contributed by atoms with Gasteiger partial charge in [-0.2, -0.15) is 0 Å². The molecule has 1 heterocycles. The van der Waals surface area contributed by atoms with E-state index >= 15 is 0 Å².